The van der Waals surface area contributed by atoms with E-state index in [0.29, 0.717) is 11.4 Å². The monoisotopic (exact) mass is 287 g/mol. The molecule has 0 amide bonds. The Kier molecular flexibility index (Phi) is 3.70. The van der Waals surface area contributed by atoms with Crippen molar-refractivity contribution in [2.75, 3.05) is 24.6 Å². The predicted octanol–water partition coefficient (Wildman–Crippen LogP) is 2.35. The van der Waals surface area contributed by atoms with Crippen molar-refractivity contribution in [1.82, 2.24) is 4.98 Å². The maximum Gasteiger partial charge on any atom is 0.295 e. The van der Waals surface area contributed by atoms with Crippen molar-refractivity contribution in [2.45, 2.75) is 12.8 Å². The molecule has 1 aliphatic heterocycles. The molecule has 1 saturated heterocycles. The first-order valence-corrected chi connectivity index (χ1v) is 7.08. The van der Waals surface area contributed by atoms with Crippen molar-refractivity contribution in [3.05, 3.63) is 40.6 Å². The van der Waals surface area contributed by atoms with E-state index in [4.69, 9.17) is 0 Å². The average molecular weight is 287 g/mol. The molecule has 1 aromatic heterocycles. The Balaban J connectivity index is 2.00. The standard InChI is InChI=1S/C15H17N3O3/c19-10-11-5-8-17(9-6-11)13-3-4-14(18(20)21)15-12(13)2-1-7-16-15/h1-4,7,11,19H,5-6,8-10H2. The van der Waals surface area contributed by atoms with Crippen molar-refractivity contribution >= 4 is 22.3 Å². The van der Waals surface area contributed by atoms with Gasteiger partial charge in [-0.3, -0.25) is 10.1 Å². The van der Waals surface area contributed by atoms with Crippen LogP contribution in [0, 0.1) is 16.0 Å². The minimum absolute atomic E-state index is 0.0413. The van der Waals surface area contributed by atoms with E-state index < -0.39 is 4.92 Å². The normalized spacial score (nSPS) is 16.3. The van der Waals surface area contributed by atoms with Gasteiger partial charge in [-0.25, -0.2) is 4.98 Å². The van der Waals surface area contributed by atoms with E-state index in [1.54, 1.807) is 18.3 Å². The number of benzene rings is 1. The first-order valence-electron chi connectivity index (χ1n) is 7.08. The zero-order chi connectivity index (χ0) is 14.8. The molecule has 2 heterocycles. The third-order valence-electron chi connectivity index (χ3n) is 4.14. The van der Waals surface area contributed by atoms with Crippen molar-refractivity contribution in [3.8, 4) is 0 Å². The van der Waals surface area contributed by atoms with Gasteiger partial charge in [0.25, 0.3) is 5.69 Å². The van der Waals surface area contributed by atoms with Gasteiger partial charge in [0.2, 0.25) is 0 Å². The summed E-state index contributed by atoms with van der Waals surface area (Å²) in [5.41, 5.74) is 1.46. The summed E-state index contributed by atoms with van der Waals surface area (Å²) in [4.78, 5) is 17.1. The number of aliphatic hydroxyl groups excluding tert-OH is 1. The van der Waals surface area contributed by atoms with Gasteiger partial charge in [-0.05, 0) is 37.0 Å². The van der Waals surface area contributed by atoms with Gasteiger partial charge in [0.15, 0.2) is 0 Å². The number of rotatable bonds is 3. The molecule has 1 fully saturated rings. The predicted molar refractivity (Wildman–Crippen MR) is 80.4 cm³/mol. The van der Waals surface area contributed by atoms with Crippen LogP contribution in [0.3, 0.4) is 0 Å². The molecule has 2 aromatic rings. The highest BCUT2D eigenvalue weighted by Crippen LogP contribution is 2.33. The Morgan fingerprint density at radius 1 is 1.33 bits per heavy atom. The highest BCUT2D eigenvalue weighted by Gasteiger charge is 2.22. The summed E-state index contributed by atoms with van der Waals surface area (Å²) in [7, 11) is 0. The SMILES string of the molecule is O=[N+]([O-])c1ccc(N2CCC(CO)CC2)c2cccnc12. The second-order valence-electron chi connectivity index (χ2n) is 5.37. The molecule has 0 radical (unpaired) electrons. The fraction of sp³-hybridized carbons (Fsp3) is 0.400. The molecule has 6 heteroatoms. The molecule has 1 aliphatic rings. The van der Waals surface area contributed by atoms with Crippen LogP contribution < -0.4 is 4.90 Å². The largest absolute Gasteiger partial charge is 0.396 e. The highest BCUT2D eigenvalue weighted by atomic mass is 16.6. The Labute approximate surface area is 122 Å². The first kappa shape index (κ1) is 13.8. The fourth-order valence-corrected chi connectivity index (χ4v) is 2.92. The summed E-state index contributed by atoms with van der Waals surface area (Å²) < 4.78 is 0. The minimum Gasteiger partial charge on any atom is -0.396 e. The van der Waals surface area contributed by atoms with Gasteiger partial charge in [-0.1, -0.05) is 0 Å². The maximum atomic E-state index is 11.1. The molecular formula is C15H17N3O3. The van der Waals surface area contributed by atoms with Crippen molar-refractivity contribution in [3.63, 3.8) is 0 Å². The summed E-state index contributed by atoms with van der Waals surface area (Å²) in [5.74, 6) is 0.365. The lowest BCUT2D eigenvalue weighted by molar-refractivity contribution is -0.383. The van der Waals surface area contributed by atoms with Crippen LogP contribution in [0.5, 0.6) is 0 Å². The van der Waals surface area contributed by atoms with E-state index >= 15 is 0 Å². The van der Waals surface area contributed by atoms with Crippen molar-refractivity contribution in [2.24, 2.45) is 5.92 Å². The molecule has 3 rings (SSSR count). The second-order valence-corrected chi connectivity index (χ2v) is 5.37. The number of aromatic nitrogens is 1. The number of anilines is 1. The molecule has 0 unspecified atom stereocenters. The number of non-ortho nitro benzene ring substituents is 1. The quantitative estimate of drug-likeness (QED) is 0.692. The van der Waals surface area contributed by atoms with Gasteiger partial charge >= 0.3 is 0 Å². The van der Waals surface area contributed by atoms with Crippen molar-refractivity contribution in [1.29, 1.82) is 0 Å². The smallest absolute Gasteiger partial charge is 0.295 e. The number of nitro benzene ring substituents is 1. The number of hydrogen-bond donors (Lipinski definition) is 1. The maximum absolute atomic E-state index is 11.1. The Morgan fingerprint density at radius 2 is 2.10 bits per heavy atom. The lowest BCUT2D eigenvalue weighted by atomic mass is 9.97. The number of fused-ring (bicyclic) bond motifs is 1. The molecule has 0 bridgehead atoms. The van der Waals surface area contributed by atoms with Gasteiger partial charge in [-0.2, -0.15) is 0 Å². The molecule has 0 atom stereocenters. The molecule has 110 valence electrons. The number of nitrogens with zero attached hydrogens (tertiary/aromatic N) is 3. The van der Waals surface area contributed by atoms with Crippen LogP contribution in [0.1, 0.15) is 12.8 Å². The van der Waals surface area contributed by atoms with Crippen LogP contribution in [-0.4, -0.2) is 34.7 Å². The third kappa shape index (κ3) is 2.54. The van der Waals surface area contributed by atoms with E-state index in [1.807, 2.05) is 6.07 Å². The lowest BCUT2D eigenvalue weighted by Gasteiger charge is -2.33. The zero-order valence-electron chi connectivity index (χ0n) is 11.6. The fourth-order valence-electron chi connectivity index (χ4n) is 2.92. The molecule has 0 saturated carbocycles. The zero-order valence-corrected chi connectivity index (χ0v) is 11.6. The molecule has 1 aromatic carbocycles. The average Bonchev–Trinajstić information content (AvgIpc) is 2.54. The van der Waals surface area contributed by atoms with E-state index in [9.17, 15) is 15.2 Å². The first-order chi connectivity index (χ1) is 10.2. The lowest BCUT2D eigenvalue weighted by Crippen LogP contribution is -2.34. The summed E-state index contributed by atoms with van der Waals surface area (Å²) in [5, 5.41) is 21.1. The van der Waals surface area contributed by atoms with Gasteiger partial charge in [0, 0.05) is 43.0 Å². The van der Waals surface area contributed by atoms with Gasteiger partial charge < -0.3 is 10.0 Å². The Morgan fingerprint density at radius 3 is 2.76 bits per heavy atom. The van der Waals surface area contributed by atoms with Crippen LogP contribution in [0.25, 0.3) is 10.9 Å². The van der Waals surface area contributed by atoms with E-state index in [2.05, 4.69) is 9.88 Å². The third-order valence-corrected chi connectivity index (χ3v) is 4.14. The second kappa shape index (κ2) is 5.65. The summed E-state index contributed by atoms with van der Waals surface area (Å²) in [6.07, 6.45) is 3.46. The summed E-state index contributed by atoms with van der Waals surface area (Å²) in [6.45, 7) is 1.94. The Bertz CT molecular complexity index is 666. The number of aliphatic hydroxyl groups is 1. The molecular weight excluding hydrogens is 270 g/mol. The molecule has 21 heavy (non-hydrogen) atoms. The van der Waals surface area contributed by atoms with E-state index in [1.165, 1.54) is 6.07 Å². The Hall–Kier alpha value is -2.21. The molecule has 0 aliphatic carbocycles. The molecule has 0 spiro atoms. The highest BCUT2D eigenvalue weighted by molar-refractivity contribution is 5.97. The van der Waals surface area contributed by atoms with Crippen molar-refractivity contribution < 1.29 is 10.0 Å². The van der Waals surface area contributed by atoms with Crippen LogP contribution in [0.4, 0.5) is 11.4 Å². The summed E-state index contributed by atoms with van der Waals surface area (Å²) in [6, 6.07) is 7.02. The van der Waals surface area contributed by atoms with E-state index in [-0.39, 0.29) is 12.3 Å². The van der Waals surface area contributed by atoms with Gasteiger partial charge in [0.05, 0.1) is 4.92 Å². The topological polar surface area (TPSA) is 79.5 Å². The van der Waals surface area contributed by atoms with Crippen LogP contribution in [0.15, 0.2) is 30.5 Å². The minimum atomic E-state index is -0.392. The van der Waals surface area contributed by atoms with Crippen LogP contribution in [-0.2, 0) is 0 Å². The number of nitro groups is 1. The van der Waals surface area contributed by atoms with Gasteiger partial charge in [0.1, 0.15) is 5.52 Å². The number of piperidine rings is 1. The van der Waals surface area contributed by atoms with Crippen LogP contribution in [0.2, 0.25) is 0 Å². The summed E-state index contributed by atoms with van der Waals surface area (Å²) >= 11 is 0. The van der Waals surface area contributed by atoms with Gasteiger partial charge in [-0.15, -0.1) is 0 Å². The molecule has 1 N–H and O–H groups in total. The number of hydrogen-bond acceptors (Lipinski definition) is 5. The van der Waals surface area contributed by atoms with Crippen LogP contribution >= 0.6 is 0 Å². The molecule has 6 nitrogen and oxygen atoms in total. The number of pyridine rings is 1. The van der Waals surface area contributed by atoms with E-state index in [0.717, 1.165) is 37.0 Å².